The lowest BCUT2D eigenvalue weighted by atomic mass is 10.0. The van der Waals surface area contributed by atoms with Gasteiger partial charge in [0.25, 0.3) is 5.91 Å². The molecule has 1 aliphatic heterocycles. The Hall–Kier alpha value is -2.66. The molecule has 1 aliphatic rings. The molecule has 0 saturated carbocycles. The number of carbonyl (C=O) groups is 2. The van der Waals surface area contributed by atoms with E-state index < -0.39 is 5.91 Å². The van der Waals surface area contributed by atoms with Gasteiger partial charge in [-0.2, -0.15) is 0 Å². The zero-order valence-corrected chi connectivity index (χ0v) is 13.7. The molecule has 0 aliphatic carbocycles. The molecule has 1 saturated heterocycles. The molecule has 0 atom stereocenters. The summed E-state index contributed by atoms with van der Waals surface area (Å²) < 4.78 is 0. The molecule has 2 amide bonds. The van der Waals surface area contributed by atoms with Crippen LogP contribution in [0, 0.1) is 0 Å². The van der Waals surface area contributed by atoms with Gasteiger partial charge in [-0.25, -0.2) is 0 Å². The van der Waals surface area contributed by atoms with E-state index in [1.165, 1.54) is 0 Å². The van der Waals surface area contributed by atoms with Crippen LogP contribution in [-0.2, 0) is 0 Å². The first kappa shape index (κ1) is 16.2. The van der Waals surface area contributed by atoms with Crippen LogP contribution in [-0.4, -0.2) is 54.8 Å². The van der Waals surface area contributed by atoms with Gasteiger partial charge in [-0.15, -0.1) is 0 Å². The first-order valence-electron chi connectivity index (χ1n) is 8.03. The Labute approximate surface area is 141 Å². The fourth-order valence-corrected chi connectivity index (χ4v) is 2.85. The molecule has 0 bridgehead atoms. The maximum absolute atomic E-state index is 12.5. The summed E-state index contributed by atoms with van der Waals surface area (Å²) in [7, 11) is 2.07. The Morgan fingerprint density at radius 3 is 2.17 bits per heavy atom. The van der Waals surface area contributed by atoms with Crippen molar-refractivity contribution in [1.29, 1.82) is 0 Å². The van der Waals surface area contributed by atoms with Crippen molar-refractivity contribution in [2.45, 2.75) is 0 Å². The number of benzene rings is 2. The molecule has 24 heavy (non-hydrogen) atoms. The maximum Gasteiger partial charge on any atom is 0.253 e. The first-order valence-corrected chi connectivity index (χ1v) is 8.03. The van der Waals surface area contributed by atoms with Crippen LogP contribution in [0.5, 0.6) is 0 Å². The molecule has 2 aromatic carbocycles. The van der Waals surface area contributed by atoms with Crippen molar-refractivity contribution in [3.8, 4) is 11.1 Å². The number of nitrogens with zero attached hydrogens (tertiary/aromatic N) is 2. The highest BCUT2D eigenvalue weighted by Gasteiger charge is 2.20. The van der Waals surface area contributed by atoms with E-state index in [9.17, 15) is 9.59 Å². The van der Waals surface area contributed by atoms with Crippen LogP contribution >= 0.6 is 0 Å². The minimum absolute atomic E-state index is 0.0699. The summed E-state index contributed by atoms with van der Waals surface area (Å²) in [6.07, 6.45) is 0. The molecule has 0 unspecified atom stereocenters. The highest BCUT2D eigenvalue weighted by atomic mass is 16.2. The highest BCUT2D eigenvalue weighted by molar-refractivity contribution is 5.95. The van der Waals surface area contributed by atoms with Gasteiger partial charge in [0.05, 0.1) is 0 Å². The predicted molar refractivity (Wildman–Crippen MR) is 93.8 cm³/mol. The molecule has 2 aromatic rings. The normalized spacial score (nSPS) is 15.3. The predicted octanol–water partition coefficient (Wildman–Crippen LogP) is 1.84. The quantitative estimate of drug-likeness (QED) is 0.937. The molecule has 0 aromatic heterocycles. The second-order valence-electron chi connectivity index (χ2n) is 6.12. The zero-order valence-electron chi connectivity index (χ0n) is 13.7. The minimum atomic E-state index is -0.446. The third kappa shape index (κ3) is 3.46. The van der Waals surface area contributed by atoms with Crippen LogP contribution < -0.4 is 5.73 Å². The lowest BCUT2D eigenvalue weighted by molar-refractivity contribution is 0.0664. The van der Waals surface area contributed by atoms with Gasteiger partial charge in [-0.05, 0) is 42.4 Å². The number of amides is 2. The Balaban J connectivity index is 1.77. The Morgan fingerprint density at radius 1 is 0.875 bits per heavy atom. The van der Waals surface area contributed by atoms with Crippen molar-refractivity contribution in [3.05, 3.63) is 59.7 Å². The van der Waals surface area contributed by atoms with Crippen LogP contribution in [0.25, 0.3) is 11.1 Å². The average Bonchev–Trinajstić information content (AvgIpc) is 2.62. The van der Waals surface area contributed by atoms with E-state index in [-0.39, 0.29) is 5.91 Å². The molecule has 2 N–H and O–H groups in total. The van der Waals surface area contributed by atoms with Gasteiger partial charge >= 0.3 is 0 Å². The summed E-state index contributed by atoms with van der Waals surface area (Å²) in [5.41, 5.74) is 8.35. The van der Waals surface area contributed by atoms with E-state index in [4.69, 9.17) is 5.73 Å². The van der Waals surface area contributed by atoms with Gasteiger partial charge in [0.1, 0.15) is 0 Å². The fraction of sp³-hybridized carbons (Fsp3) is 0.263. The summed E-state index contributed by atoms with van der Waals surface area (Å²) in [6.45, 7) is 3.34. The van der Waals surface area contributed by atoms with Gasteiger partial charge in [0.2, 0.25) is 5.91 Å². The Bertz CT molecular complexity index is 747. The van der Waals surface area contributed by atoms with Gasteiger partial charge < -0.3 is 15.5 Å². The van der Waals surface area contributed by atoms with E-state index >= 15 is 0 Å². The first-order chi connectivity index (χ1) is 11.5. The van der Waals surface area contributed by atoms with Crippen LogP contribution in [0.4, 0.5) is 0 Å². The van der Waals surface area contributed by atoms with E-state index in [1.54, 1.807) is 18.2 Å². The summed E-state index contributed by atoms with van der Waals surface area (Å²) in [5.74, 6) is -0.376. The molecule has 0 spiro atoms. The standard InChI is InChI=1S/C19H21N3O2/c1-21-9-11-22(12-10-21)19(24)15-7-5-14(6-8-15)16-3-2-4-17(13-16)18(20)23/h2-8,13H,9-12H2,1H3,(H2,20,23). The van der Waals surface area contributed by atoms with Crippen molar-refractivity contribution < 1.29 is 9.59 Å². The van der Waals surface area contributed by atoms with Crippen molar-refractivity contribution in [1.82, 2.24) is 9.80 Å². The summed E-state index contributed by atoms with van der Waals surface area (Å²) in [5, 5.41) is 0. The molecule has 3 rings (SSSR count). The number of hydrogen-bond acceptors (Lipinski definition) is 3. The van der Waals surface area contributed by atoms with E-state index in [2.05, 4.69) is 11.9 Å². The molecular weight excluding hydrogens is 302 g/mol. The minimum Gasteiger partial charge on any atom is -0.366 e. The molecule has 5 nitrogen and oxygen atoms in total. The second-order valence-corrected chi connectivity index (χ2v) is 6.12. The average molecular weight is 323 g/mol. The molecule has 1 fully saturated rings. The van der Waals surface area contributed by atoms with Crippen LogP contribution in [0.2, 0.25) is 0 Å². The van der Waals surface area contributed by atoms with E-state index in [0.29, 0.717) is 11.1 Å². The number of primary amides is 1. The molecule has 124 valence electrons. The second kappa shape index (κ2) is 6.84. The van der Waals surface area contributed by atoms with Crippen LogP contribution in [0.15, 0.2) is 48.5 Å². The Morgan fingerprint density at radius 2 is 1.54 bits per heavy atom. The number of nitrogens with two attached hydrogens (primary N) is 1. The smallest absolute Gasteiger partial charge is 0.253 e. The van der Waals surface area contributed by atoms with Crippen molar-refractivity contribution in [3.63, 3.8) is 0 Å². The van der Waals surface area contributed by atoms with Crippen LogP contribution in [0.3, 0.4) is 0 Å². The molecule has 5 heteroatoms. The lowest BCUT2D eigenvalue weighted by Crippen LogP contribution is -2.47. The molecule has 0 radical (unpaired) electrons. The Kier molecular flexibility index (Phi) is 4.62. The van der Waals surface area contributed by atoms with E-state index in [1.807, 2.05) is 35.2 Å². The van der Waals surface area contributed by atoms with Gasteiger partial charge in [0.15, 0.2) is 0 Å². The number of rotatable bonds is 3. The van der Waals surface area contributed by atoms with E-state index in [0.717, 1.165) is 37.3 Å². The number of piperazine rings is 1. The third-order valence-corrected chi connectivity index (χ3v) is 4.40. The van der Waals surface area contributed by atoms with Crippen molar-refractivity contribution in [2.75, 3.05) is 33.2 Å². The largest absolute Gasteiger partial charge is 0.366 e. The summed E-state index contributed by atoms with van der Waals surface area (Å²) >= 11 is 0. The van der Waals surface area contributed by atoms with Crippen molar-refractivity contribution in [2.24, 2.45) is 5.73 Å². The third-order valence-electron chi connectivity index (χ3n) is 4.40. The zero-order chi connectivity index (χ0) is 17.1. The number of carbonyl (C=O) groups excluding carboxylic acids is 2. The van der Waals surface area contributed by atoms with Gasteiger partial charge in [0, 0.05) is 37.3 Å². The lowest BCUT2D eigenvalue weighted by Gasteiger charge is -2.32. The number of hydrogen-bond donors (Lipinski definition) is 1. The number of likely N-dealkylation sites (N-methyl/N-ethyl adjacent to an activating group) is 1. The fourth-order valence-electron chi connectivity index (χ4n) is 2.85. The highest BCUT2D eigenvalue weighted by Crippen LogP contribution is 2.21. The van der Waals surface area contributed by atoms with Gasteiger partial charge in [-0.1, -0.05) is 24.3 Å². The topological polar surface area (TPSA) is 66.6 Å². The monoisotopic (exact) mass is 323 g/mol. The SMILES string of the molecule is CN1CCN(C(=O)c2ccc(-c3cccc(C(N)=O)c3)cc2)CC1. The molecule has 1 heterocycles. The van der Waals surface area contributed by atoms with Crippen molar-refractivity contribution >= 4 is 11.8 Å². The summed E-state index contributed by atoms with van der Waals surface area (Å²) in [6, 6.07) is 14.7. The van der Waals surface area contributed by atoms with Crippen LogP contribution in [0.1, 0.15) is 20.7 Å². The summed E-state index contributed by atoms with van der Waals surface area (Å²) in [4.78, 5) is 28.0. The van der Waals surface area contributed by atoms with Gasteiger partial charge in [-0.3, -0.25) is 9.59 Å². The maximum atomic E-state index is 12.5. The molecular formula is C19H21N3O2.